The molecular formula is C18H29ClN2O2. The molecule has 1 fully saturated rings. The van der Waals surface area contributed by atoms with Crippen LogP contribution in [0, 0.1) is 0 Å². The van der Waals surface area contributed by atoms with Crippen LogP contribution in [0.15, 0.2) is 24.3 Å². The smallest absolute Gasteiger partial charge is 0.251 e. The van der Waals surface area contributed by atoms with E-state index in [2.05, 4.69) is 5.32 Å². The SMILES string of the molecule is CCC(N)(CC)CNC(=O)c1cccc(OC2CCCC2)c1.Cl. The molecule has 0 aromatic heterocycles. The van der Waals surface area contributed by atoms with Gasteiger partial charge in [0.05, 0.1) is 6.10 Å². The fourth-order valence-corrected chi connectivity index (χ4v) is 2.77. The van der Waals surface area contributed by atoms with Gasteiger partial charge in [0, 0.05) is 17.6 Å². The Balaban J connectivity index is 0.00000264. The molecule has 1 saturated carbocycles. The van der Waals surface area contributed by atoms with Crippen LogP contribution in [0.25, 0.3) is 0 Å². The van der Waals surface area contributed by atoms with Gasteiger partial charge in [-0.1, -0.05) is 19.9 Å². The molecule has 0 atom stereocenters. The molecule has 3 N–H and O–H groups in total. The molecule has 0 saturated heterocycles. The fourth-order valence-electron chi connectivity index (χ4n) is 2.77. The van der Waals surface area contributed by atoms with Gasteiger partial charge in [0.15, 0.2) is 0 Å². The summed E-state index contributed by atoms with van der Waals surface area (Å²) in [5.74, 6) is 0.693. The van der Waals surface area contributed by atoms with Gasteiger partial charge in [0.2, 0.25) is 0 Å². The highest BCUT2D eigenvalue weighted by Crippen LogP contribution is 2.24. The van der Waals surface area contributed by atoms with Gasteiger partial charge in [-0.05, 0) is 56.7 Å². The van der Waals surface area contributed by atoms with E-state index in [1.165, 1.54) is 12.8 Å². The molecule has 4 nitrogen and oxygen atoms in total. The van der Waals surface area contributed by atoms with Crippen LogP contribution < -0.4 is 15.8 Å². The lowest BCUT2D eigenvalue weighted by Crippen LogP contribution is -2.49. The van der Waals surface area contributed by atoms with Crippen LogP contribution in [-0.2, 0) is 0 Å². The molecular weight excluding hydrogens is 312 g/mol. The molecule has 1 aliphatic rings. The van der Waals surface area contributed by atoms with Crippen molar-refractivity contribution in [2.45, 2.75) is 64.0 Å². The Morgan fingerprint density at radius 3 is 2.57 bits per heavy atom. The summed E-state index contributed by atoms with van der Waals surface area (Å²) >= 11 is 0. The maximum absolute atomic E-state index is 12.3. The Kier molecular flexibility index (Phi) is 7.86. The highest BCUT2D eigenvalue weighted by molar-refractivity contribution is 5.94. The van der Waals surface area contributed by atoms with Gasteiger partial charge in [-0.25, -0.2) is 0 Å². The van der Waals surface area contributed by atoms with E-state index in [1.54, 1.807) is 0 Å². The predicted octanol–water partition coefficient (Wildman–Crippen LogP) is 3.68. The van der Waals surface area contributed by atoms with Crippen molar-refractivity contribution in [2.24, 2.45) is 5.73 Å². The lowest BCUT2D eigenvalue weighted by molar-refractivity contribution is 0.0941. The van der Waals surface area contributed by atoms with Crippen LogP contribution in [0.4, 0.5) is 0 Å². The molecule has 130 valence electrons. The normalized spacial score (nSPS) is 15.1. The number of hydrogen-bond donors (Lipinski definition) is 2. The summed E-state index contributed by atoms with van der Waals surface area (Å²) < 4.78 is 5.95. The number of benzene rings is 1. The van der Waals surface area contributed by atoms with Crippen LogP contribution in [-0.4, -0.2) is 24.1 Å². The van der Waals surface area contributed by atoms with Gasteiger partial charge >= 0.3 is 0 Å². The largest absolute Gasteiger partial charge is 0.490 e. The summed E-state index contributed by atoms with van der Waals surface area (Å²) in [6.07, 6.45) is 6.67. The second-order valence-electron chi connectivity index (χ2n) is 6.30. The lowest BCUT2D eigenvalue weighted by Gasteiger charge is -2.26. The first-order valence-corrected chi connectivity index (χ1v) is 8.40. The molecule has 2 rings (SSSR count). The first-order chi connectivity index (χ1) is 10.6. The number of hydrogen-bond acceptors (Lipinski definition) is 3. The van der Waals surface area contributed by atoms with E-state index in [-0.39, 0.29) is 23.9 Å². The minimum absolute atomic E-state index is 0. The number of halogens is 1. The zero-order valence-electron chi connectivity index (χ0n) is 14.1. The van der Waals surface area contributed by atoms with Crippen LogP contribution in [0.1, 0.15) is 62.7 Å². The lowest BCUT2D eigenvalue weighted by atomic mass is 9.94. The predicted molar refractivity (Wildman–Crippen MR) is 96.4 cm³/mol. The third-order valence-corrected chi connectivity index (χ3v) is 4.71. The quantitative estimate of drug-likeness (QED) is 0.795. The number of ether oxygens (including phenoxy) is 1. The molecule has 1 aromatic rings. The van der Waals surface area contributed by atoms with Crippen molar-refractivity contribution >= 4 is 18.3 Å². The average Bonchev–Trinajstić information content (AvgIpc) is 3.05. The summed E-state index contributed by atoms with van der Waals surface area (Å²) in [5, 5.41) is 2.94. The number of carbonyl (C=O) groups excluding carboxylic acids is 1. The van der Waals surface area contributed by atoms with Gasteiger partial charge < -0.3 is 15.8 Å². The van der Waals surface area contributed by atoms with Gasteiger partial charge in [-0.2, -0.15) is 0 Å². The van der Waals surface area contributed by atoms with Crippen molar-refractivity contribution in [1.82, 2.24) is 5.32 Å². The maximum atomic E-state index is 12.3. The number of nitrogens with two attached hydrogens (primary N) is 1. The summed E-state index contributed by atoms with van der Waals surface area (Å²) in [5.41, 5.74) is 6.53. The summed E-state index contributed by atoms with van der Waals surface area (Å²) in [4.78, 5) is 12.3. The summed E-state index contributed by atoms with van der Waals surface area (Å²) in [6, 6.07) is 7.42. The van der Waals surface area contributed by atoms with Crippen molar-refractivity contribution in [1.29, 1.82) is 0 Å². The van der Waals surface area contributed by atoms with E-state index < -0.39 is 0 Å². The van der Waals surface area contributed by atoms with Crippen molar-refractivity contribution in [2.75, 3.05) is 6.54 Å². The molecule has 23 heavy (non-hydrogen) atoms. The summed E-state index contributed by atoms with van der Waals surface area (Å²) in [6.45, 7) is 4.59. The van der Waals surface area contributed by atoms with Crippen LogP contribution in [0.3, 0.4) is 0 Å². The topological polar surface area (TPSA) is 64.3 Å². The van der Waals surface area contributed by atoms with E-state index in [9.17, 15) is 4.79 Å². The van der Waals surface area contributed by atoms with Crippen molar-refractivity contribution in [3.63, 3.8) is 0 Å². The maximum Gasteiger partial charge on any atom is 0.251 e. The van der Waals surface area contributed by atoms with E-state index in [4.69, 9.17) is 10.5 Å². The highest BCUT2D eigenvalue weighted by Gasteiger charge is 2.21. The van der Waals surface area contributed by atoms with Crippen LogP contribution >= 0.6 is 12.4 Å². The Morgan fingerprint density at radius 2 is 1.96 bits per heavy atom. The molecule has 1 aromatic carbocycles. The molecule has 0 spiro atoms. The Morgan fingerprint density at radius 1 is 1.30 bits per heavy atom. The standard InChI is InChI=1S/C18H28N2O2.ClH/c1-3-18(19,4-2)13-20-17(21)14-8-7-11-16(12-14)22-15-9-5-6-10-15;/h7-8,11-12,15H,3-6,9-10,13,19H2,1-2H3,(H,20,21);1H. The van der Waals surface area contributed by atoms with E-state index in [1.807, 2.05) is 38.1 Å². The first-order valence-electron chi connectivity index (χ1n) is 8.40. The Bertz CT molecular complexity index is 498. The van der Waals surface area contributed by atoms with Crippen molar-refractivity contribution < 1.29 is 9.53 Å². The van der Waals surface area contributed by atoms with Crippen molar-refractivity contribution in [3.8, 4) is 5.75 Å². The minimum Gasteiger partial charge on any atom is -0.490 e. The van der Waals surface area contributed by atoms with Crippen LogP contribution in [0.2, 0.25) is 0 Å². The molecule has 1 aliphatic carbocycles. The molecule has 0 radical (unpaired) electrons. The first kappa shape index (κ1) is 19.8. The van der Waals surface area contributed by atoms with Gasteiger partial charge in [-0.3, -0.25) is 4.79 Å². The molecule has 1 amide bonds. The summed E-state index contributed by atoms with van der Waals surface area (Å²) in [7, 11) is 0. The van der Waals surface area contributed by atoms with Gasteiger partial charge in [0.1, 0.15) is 5.75 Å². The minimum atomic E-state index is -0.326. The number of carbonyl (C=O) groups is 1. The number of amides is 1. The van der Waals surface area contributed by atoms with E-state index in [0.29, 0.717) is 18.2 Å². The zero-order valence-corrected chi connectivity index (χ0v) is 15.0. The second-order valence-corrected chi connectivity index (χ2v) is 6.30. The Labute approximate surface area is 145 Å². The van der Waals surface area contributed by atoms with E-state index >= 15 is 0 Å². The average molecular weight is 341 g/mol. The molecule has 0 bridgehead atoms. The number of rotatable bonds is 7. The Hall–Kier alpha value is -1.26. The highest BCUT2D eigenvalue weighted by atomic mass is 35.5. The third kappa shape index (κ3) is 5.70. The molecule has 0 heterocycles. The van der Waals surface area contributed by atoms with Gasteiger partial charge in [0.25, 0.3) is 5.91 Å². The molecule has 0 unspecified atom stereocenters. The number of nitrogens with one attached hydrogen (secondary N) is 1. The molecule has 5 heteroatoms. The van der Waals surface area contributed by atoms with E-state index in [0.717, 1.165) is 31.4 Å². The fraction of sp³-hybridized carbons (Fsp3) is 0.611. The molecule has 0 aliphatic heterocycles. The zero-order chi connectivity index (χ0) is 16.0. The van der Waals surface area contributed by atoms with Gasteiger partial charge in [-0.15, -0.1) is 12.4 Å². The third-order valence-electron chi connectivity index (χ3n) is 4.71. The monoisotopic (exact) mass is 340 g/mol. The van der Waals surface area contributed by atoms with Crippen LogP contribution in [0.5, 0.6) is 5.75 Å². The van der Waals surface area contributed by atoms with Crippen molar-refractivity contribution in [3.05, 3.63) is 29.8 Å². The second kappa shape index (κ2) is 9.14.